The summed E-state index contributed by atoms with van der Waals surface area (Å²) in [5.74, 6) is -0.0990. The van der Waals surface area contributed by atoms with Crippen molar-refractivity contribution in [2.45, 2.75) is 26.3 Å². The van der Waals surface area contributed by atoms with E-state index >= 15 is 0 Å². The van der Waals surface area contributed by atoms with Crippen LogP contribution in [0.1, 0.15) is 35.0 Å². The molecule has 2 heterocycles. The number of hydrogen-bond donors (Lipinski definition) is 1. The molecule has 1 aromatic carbocycles. The number of nitrogens with zero attached hydrogens (tertiary/aromatic N) is 3. The number of aryl methyl sites for hydroxylation is 1. The number of thiophene rings is 1. The summed E-state index contributed by atoms with van der Waals surface area (Å²) in [7, 11) is 0. The summed E-state index contributed by atoms with van der Waals surface area (Å²) in [4.78, 5) is 12.2. The first-order valence-corrected chi connectivity index (χ1v) is 8.51. The van der Waals surface area contributed by atoms with Crippen molar-refractivity contribution in [1.29, 1.82) is 0 Å². The zero-order valence-electron chi connectivity index (χ0n) is 12.9. The van der Waals surface area contributed by atoms with Crippen molar-refractivity contribution in [2.75, 3.05) is 0 Å². The maximum absolute atomic E-state index is 12.2. The van der Waals surface area contributed by atoms with E-state index in [-0.39, 0.29) is 5.91 Å². The van der Waals surface area contributed by atoms with Crippen molar-refractivity contribution in [3.8, 4) is 5.69 Å². The summed E-state index contributed by atoms with van der Waals surface area (Å²) >= 11 is 1.61. The fourth-order valence-corrected chi connectivity index (χ4v) is 2.90. The van der Waals surface area contributed by atoms with Crippen molar-refractivity contribution < 1.29 is 4.79 Å². The van der Waals surface area contributed by atoms with E-state index in [1.807, 2.05) is 47.3 Å². The lowest BCUT2D eigenvalue weighted by atomic mass is 10.1. The molecule has 0 aliphatic heterocycles. The quantitative estimate of drug-likeness (QED) is 0.756. The molecule has 0 fully saturated rings. The highest BCUT2D eigenvalue weighted by Gasteiger charge is 2.08. The van der Waals surface area contributed by atoms with Crippen LogP contribution in [0.5, 0.6) is 0 Å². The van der Waals surface area contributed by atoms with Gasteiger partial charge in [-0.15, -0.1) is 5.10 Å². The van der Waals surface area contributed by atoms with Crippen LogP contribution in [0, 0.1) is 0 Å². The van der Waals surface area contributed by atoms with Crippen LogP contribution in [-0.4, -0.2) is 20.9 Å². The Balaban J connectivity index is 1.58. The average Bonchev–Trinajstić information content (AvgIpc) is 3.25. The number of carbonyl (C=O) groups is 1. The molecule has 0 saturated heterocycles. The Kier molecular flexibility index (Phi) is 4.83. The van der Waals surface area contributed by atoms with Crippen LogP contribution in [0.3, 0.4) is 0 Å². The van der Waals surface area contributed by atoms with Gasteiger partial charge in [-0.2, -0.15) is 11.3 Å². The molecular formula is C17H18N4OS. The number of hydrogen-bond acceptors (Lipinski definition) is 4. The molecule has 6 heteroatoms. The predicted octanol–water partition coefficient (Wildman–Crippen LogP) is 3.21. The van der Waals surface area contributed by atoms with Gasteiger partial charge in [0.25, 0.3) is 5.91 Å². The molecule has 0 spiro atoms. The molecule has 3 rings (SSSR count). The molecule has 0 radical (unpaired) electrons. The second kappa shape index (κ2) is 7.19. The molecule has 0 unspecified atom stereocenters. The molecular weight excluding hydrogens is 308 g/mol. The minimum absolute atomic E-state index is 0.0990. The van der Waals surface area contributed by atoms with Gasteiger partial charge in [-0.05, 0) is 35.6 Å². The number of amides is 1. The minimum Gasteiger partial charge on any atom is -0.346 e. The third-order valence-electron chi connectivity index (χ3n) is 3.50. The highest BCUT2D eigenvalue weighted by atomic mass is 32.1. The van der Waals surface area contributed by atoms with E-state index in [1.54, 1.807) is 16.0 Å². The van der Waals surface area contributed by atoms with Crippen molar-refractivity contribution >= 4 is 17.2 Å². The molecule has 0 bridgehead atoms. The molecule has 1 amide bonds. The van der Waals surface area contributed by atoms with Gasteiger partial charge in [0.05, 0.1) is 18.4 Å². The van der Waals surface area contributed by atoms with Crippen LogP contribution in [0.4, 0.5) is 0 Å². The first-order chi connectivity index (χ1) is 11.3. The van der Waals surface area contributed by atoms with Crippen molar-refractivity contribution in [3.05, 3.63) is 64.1 Å². The summed E-state index contributed by atoms with van der Waals surface area (Å²) < 4.78 is 1.71. The van der Waals surface area contributed by atoms with Gasteiger partial charge in [-0.3, -0.25) is 4.79 Å². The zero-order chi connectivity index (χ0) is 16.1. The van der Waals surface area contributed by atoms with Crippen LogP contribution in [0.2, 0.25) is 0 Å². The predicted molar refractivity (Wildman–Crippen MR) is 90.8 cm³/mol. The fraction of sp³-hybridized carbons (Fsp3) is 0.235. The molecule has 1 N–H and O–H groups in total. The first kappa shape index (κ1) is 15.4. The van der Waals surface area contributed by atoms with Gasteiger partial charge in [0.2, 0.25) is 0 Å². The zero-order valence-corrected chi connectivity index (χ0v) is 13.7. The van der Waals surface area contributed by atoms with Gasteiger partial charge in [-0.25, -0.2) is 4.68 Å². The van der Waals surface area contributed by atoms with Crippen molar-refractivity contribution in [1.82, 2.24) is 20.3 Å². The minimum atomic E-state index is -0.0990. The maximum atomic E-state index is 12.2. The SMILES string of the molecule is CCCc1ccc(C(=O)NCc2cn(-c3ccsc3)nn2)cc1. The maximum Gasteiger partial charge on any atom is 0.251 e. The Morgan fingerprint density at radius 3 is 2.78 bits per heavy atom. The Morgan fingerprint density at radius 1 is 1.26 bits per heavy atom. The number of nitrogens with one attached hydrogen (secondary N) is 1. The fourth-order valence-electron chi connectivity index (χ4n) is 2.28. The highest BCUT2D eigenvalue weighted by Crippen LogP contribution is 2.11. The van der Waals surface area contributed by atoms with Crippen LogP contribution in [-0.2, 0) is 13.0 Å². The van der Waals surface area contributed by atoms with E-state index < -0.39 is 0 Å². The second-order valence-corrected chi connectivity index (χ2v) is 6.05. The number of benzene rings is 1. The molecule has 0 saturated carbocycles. The normalized spacial score (nSPS) is 10.7. The van der Waals surface area contributed by atoms with Gasteiger partial charge >= 0.3 is 0 Å². The average molecular weight is 326 g/mol. The lowest BCUT2D eigenvalue weighted by Crippen LogP contribution is -2.22. The van der Waals surface area contributed by atoms with E-state index in [0.717, 1.165) is 24.2 Å². The Morgan fingerprint density at radius 2 is 2.09 bits per heavy atom. The molecule has 0 atom stereocenters. The highest BCUT2D eigenvalue weighted by molar-refractivity contribution is 7.08. The van der Waals surface area contributed by atoms with Crippen molar-refractivity contribution in [2.24, 2.45) is 0 Å². The summed E-state index contributed by atoms with van der Waals surface area (Å²) in [6.07, 6.45) is 3.96. The second-order valence-electron chi connectivity index (χ2n) is 5.27. The Bertz CT molecular complexity index is 762. The smallest absolute Gasteiger partial charge is 0.251 e. The van der Waals surface area contributed by atoms with Gasteiger partial charge in [0.15, 0.2) is 0 Å². The lowest BCUT2D eigenvalue weighted by Gasteiger charge is -2.04. The molecule has 0 aliphatic carbocycles. The van der Waals surface area contributed by atoms with E-state index in [4.69, 9.17) is 0 Å². The molecule has 3 aromatic rings. The first-order valence-electron chi connectivity index (χ1n) is 7.57. The number of aromatic nitrogens is 3. The van der Waals surface area contributed by atoms with Crippen LogP contribution >= 0.6 is 11.3 Å². The van der Waals surface area contributed by atoms with Gasteiger partial charge in [0, 0.05) is 10.9 Å². The molecule has 118 valence electrons. The van der Waals surface area contributed by atoms with Gasteiger partial charge in [-0.1, -0.05) is 30.7 Å². The molecule has 2 aromatic heterocycles. The summed E-state index contributed by atoms with van der Waals surface area (Å²) in [5.41, 5.74) is 3.62. The molecule has 0 aliphatic rings. The number of carbonyl (C=O) groups excluding carboxylic acids is 1. The van der Waals surface area contributed by atoms with E-state index in [2.05, 4.69) is 22.6 Å². The third-order valence-corrected chi connectivity index (χ3v) is 4.17. The monoisotopic (exact) mass is 326 g/mol. The lowest BCUT2D eigenvalue weighted by molar-refractivity contribution is 0.0950. The van der Waals surface area contributed by atoms with Crippen LogP contribution in [0.25, 0.3) is 5.69 Å². The molecule has 5 nitrogen and oxygen atoms in total. The van der Waals surface area contributed by atoms with Gasteiger partial charge < -0.3 is 5.32 Å². The number of rotatable bonds is 6. The van der Waals surface area contributed by atoms with E-state index in [0.29, 0.717) is 12.1 Å². The van der Waals surface area contributed by atoms with Crippen LogP contribution in [0.15, 0.2) is 47.3 Å². The summed E-state index contributed by atoms with van der Waals surface area (Å²) in [6.45, 7) is 2.50. The summed E-state index contributed by atoms with van der Waals surface area (Å²) in [5, 5.41) is 15.0. The van der Waals surface area contributed by atoms with Gasteiger partial charge in [0.1, 0.15) is 5.69 Å². The van der Waals surface area contributed by atoms with Crippen LogP contribution < -0.4 is 5.32 Å². The van der Waals surface area contributed by atoms with E-state index in [1.165, 1.54) is 5.56 Å². The Labute approximate surface area is 139 Å². The Hall–Kier alpha value is -2.47. The standard InChI is InChI=1S/C17H18N4OS/c1-2-3-13-4-6-14(7-5-13)17(22)18-10-15-11-21(20-19-15)16-8-9-23-12-16/h4-9,11-12H,2-3,10H2,1H3,(H,18,22). The van der Waals surface area contributed by atoms with E-state index in [9.17, 15) is 4.79 Å². The third kappa shape index (κ3) is 3.84. The van der Waals surface area contributed by atoms with Crippen molar-refractivity contribution in [3.63, 3.8) is 0 Å². The largest absolute Gasteiger partial charge is 0.346 e. The summed E-state index contributed by atoms with van der Waals surface area (Å²) in [6, 6.07) is 9.71. The molecule has 23 heavy (non-hydrogen) atoms. The topological polar surface area (TPSA) is 59.8 Å².